The van der Waals surface area contributed by atoms with Crippen LogP contribution in [0.5, 0.6) is 11.5 Å². The van der Waals surface area contributed by atoms with Crippen LogP contribution in [0.15, 0.2) is 60.8 Å². The zero-order chi connectivity index (χ0) is 41.5. The summed E-state index contributed by atoms with van der Waals surface area (Å²) in [7, 11) is 0.384. The van der Waals surface area contributed by atoms with Crippen LogP contribution >= 0.6 is 0 Å². The van der Waals surface area contributed by atoms with E-state index in [-0.39, 0.29) is 40.9 Å². The molecule has 4 aliphatic rings. The standard InChI is InChI=1S/C43H55BFN3O9/c1-40(2,3)54-38(50)34-29(45)18-16-26(36(34)52-10)20-33(44-56-32-22-27-21-31(42(27,7)8)43(32,9)57-44)47-37(49)35(48-39(51)55-41(4,5)6)30-19-17-28(23-46-30)53-24-25-14-12-11-13-15-25/h11-19,23,27,31-33,35H,20-22,24H2,1-10H3,(H,47,49)(H,48,51)/t27-,31-,32?,33-,35?,43-/m0/s1. The number of ether oxygens (including phenoxy) is 4. The molecule has 306 valence electrons. The van der Waals surface area contributed by atoms with Crippen molar-refractivity contribution >= 4 is 25.1 Å². The first kappa shape index (κ1) is 41.9. The highest BCUT2D eigenvalue weighted by Gasteiger charge is 2.68. The van der Waals surface area contributed by atoms with Crippen molar-refractivity contribution in [3.8, 4) is 11.5 Å². The highest BCUT2D eigenvalue weighted by Crippen LogP contribution is 2.65. The number of methoxy groups -OCH3 is 1. The van der Waals surface area contributed by atoms with Crippen LogP contribution in [0.3, 0.4) is 0 Å². The molecule has 2 N–H and O–H groups in total. The predicted octanol–water partition coefficient (Wildman–Crippen LogP) is 7.32. The second-order valence-corrected chi connectivity index (χ2v) is 18.0. The Balaban J connectivity index is 1.33. The molecule has 4 fully saturated rings. The van der Waals surface area contributed by atoms with E-state index in [1.807, 2.05) is 30.3 Å². The summed E-state index contributed by atoms with van der Waals surface area (Å²) in [5.74, 6) is -2.14. The van der Waals surface area contributed by atoms with Gasteiger partial charge in [0, 0.05) is 0 Å². The minimum atomic E-state index is -1.33. The number of hydrogen-bond acceptors (Lipinski definition) is 10. The lowest BCUT2D eigenvalue weighted by atomic mass is 9.43. The Bertz CT molecular complexity index is 1950. The summed E-state index contributed by atoms with van der Waals surface area (Å²) in [5.41, 5.74) is -1.12. The zero-order valence-corrected chi connectivity index (χ0v) is 34.6. The number of pyridine rings is 1. The Morgan fingerprint density at radius 2 is 1.65 bits per heavy atom. The van der Waals surface area contributed by atoms with Crippen molar-refractivity contribution in [3.05, 3.63) is 89.0 Å². The van der Waals surface area contributed by atoms with Gasteiger partial charge in [-0.2, -0.15) is 0 Å². The molecule has 7 rings (SSSR count). The van der Waals surface area contributed by atoms with Gasteiger partial charge < -0.3 is 38.9 Å². The summed E-state index contributed by atoms with van der Waals surface area (Å²) in [5, 5.41) is 5.76. The molecule has 2 heterocycles. The summed E-state index contributed by atoms with van der Waals surface area (Å²) in [6.07, 6.45) is 2.22. The van der Waals surface area contributed by atoms with E-state index >= 15 is 4.39 Å². The number of nitrogens with zero attached hydrogens (tertiary/aromatic N) is 1. The number of carbonyl (C=O) groups is 3. The molecule has 57 heavy (non-hydrogen) atoms. The van der Waals surface area contributed by atoms with Crippen molar-refractivity contribution < 1.29 is 47.0 Å². The summed E-state index contributed by atoms with van der Waals surface area (Å²) in [6.45, 7) is 17.1. The largest absolute Gasteiger partial charge is 0.495 e. The van der Waals surface area contributed by atoms with Crippen LogP contribution in [-0.2, 0) is 36.6 Å². The number of rotatable bonds is 12. The van der Waals surface area contributed by atoms with Crippen molar-refractivity contribution in [3.63, 3.8) is 0 Å². The molecule has 1 saturated heterocycles. The van der Waals surface area contributed by atoms with Gasteiger partial charge in [0.1, 0.15) is 40.7 Å². The smallest absolute Gasteiger partial charge is 0.482 e. The Kier molecular flexibility index (Phi) is 11.7. The molecule has 2 unspecified atom stereocenters. The number of hydrogen-bond donors (Lipinski definition) is 2. The molecule has 0 radical (unpaired) electrons. The second-order valence-electron chi connectivity index (χ2n) is 18.0. The van der Waals surface area contributed by atoms with E-state index in [9.17, 15) is 14.4 Å². The maximum absolute atomic E-state index is 15.4. The topological polar surface area (TPSA) is 144 Å². The van der Waals surface area contributed by atoms with E-state index in [4.69, 9.17) is 28.3 Å². The van der Waals surface area contributed by atoms with Crippen LogP contribution in [0.25, 0.3) is 0 Å². The highest BCUT2D eigenvalue weighted by atomic mass is 19.1. The van der Waals surface area contributed by atoms with Gasteiger partial charge in [0.2, 0.25) is 5.91 Å². The number of esters is 1. The summed E-state index contributed by atoms with van der Waals surface area (Å²) >= 11 is 0. The van der Waals surface area contributed by atoms with Crippen molar-refractivity contribution in [2.75, 3.05) is 7.11 Å². The van der Waals surface area contributed by atoms with Crippen LogP contribution in [-0.4, -0.2) is 66.0 Å². The number of nitrogens with one attached hydrogen (secondary N) is 2. The van der Waals surface area contributed by atoms with Crippen LogP contribution in [0.4, 0.5) is 9.18 Å². The number of halogens is 1. The van der Waals surface area contributed by atoms with Crippen LogP contribution in [0.2, 0.25) is 0 Å². The van der Waals surface area contributed by atoms with E-state index in [1.54, 1.807) is 53.7 Å². The van der Waals surface area contributed by atoms with E-state index < -0.39 is 59.7 Å². The molecule has 2 aromatic carbocycles. The van der Waals surface area contributed by atoms with Gasteiger partial charge in [-0.3, -0.25) is 9.78 Å². The molecular formula is C43H55BFN3O9. The van der Waals surface area contributed by atoms with Gasteiger partial charge in [0.25, 0.3) is 0 Å². The fraction of sp³-hybridized carbons (Fsp3) is 0.535. The quantitative estimate of drug-likeness (QED) is 0.142. The number of aromatic nitrogens is 1. The van der Waals surface area contributed by atoms with Gasteiger partial charge in [0.15, 0.2) is 6.04 Å². The summed E-state index contributed by atoms with van der Waals surface area (Å²) in [4.78, 5) is 45.6. The molecule has 12 nitrogen and oxygen atoms in total. The molecule has 6 atom stereocenters. The Morgan fingerprint density at radius 3 is 2.26 bits per heavy atom. The van der Waals surface area contributed by atoms with E-state index in [0.29, 0.717) is 23.8 Å². The zero-order valence-electron chi connectivity index (χ0n) is 34.6. The van der Waals surface area contributed by atoms with Crippen molar-refractivity contribution in [2.24, 2.45) is 17.3 Å². The average Bonchev–Trinajstić information content (AvgIpc) is 3.49. The summed E-state index contributed by atoms with van der Waals surface area (Å²) in [6, 6.07) is 14.3. The number of amides is 2. The van der Waals surface area contributed by atoms with E-state index in [0.717, 1.165) is 18.4 Å². The number of benzene rings is 2. The van der Waals surface area contributed by atoms with Gasteiger partial charge in [-0.05, 0) is 114 Å². The van der Waals surface area contributed by atoms with Gasteiger partial charge in [-0.25, -0.2) is 14.0 Å². The predicted molar refractivity (Wildman–Crippen MR) is 211 cm³/mol. The molecule has 1 aromatic heterocycles. The molecule has 3 aliphatic carbocycles. The average molecular weight is 788 g/mol. The minimum Gasteiger partial charge on any atom is -0.495 e. The maximum Gasteiger partial charge on any atom is 0.482 e. The SMILES string of the molecule is COc1c(C[C@H](NC(=O)C(NC(=O)OC(C)(C)C)c2ccc(OCc3ccccc3)cn2)B2OC3C[C@@H]4C[C@@H](C4(C)C)[C@]3(C)O2)ccc(F)c1C(=O)OC(C)(C)C. The number of carbonyl (C=O) groups excluding carboxylic acids is 3. The third-order valence-electron chi connectivity index (χ3n) is 11.3. The second kappa shape index (κ2) is 15.9. The van der Waals surface area contributed by atoms with Crippen molar-refractivity contribution in [1.82, 2.24) is 15.6 Å². The fourth-order valence-corrected chi connectivity index (χ4v) is 8.39. The molecule has 0 spiro atoms. The fourth-order valence-electron chi connectivity index (χ4n) is 8.39. The third kappa shape index (κ3) is 9.22. The van der Waals surface area contributed by atoms with Crippen LogP contribution in [0.1, 0.15) is 108 Å². The maximum atomic E-state index is 15.4. The Labute approximate surface area is 335 Å². The Hall–Kier alpha value is -4.69. The van der Waals surface area contributed by atoms with E-state index in [1.165, 1.54) is 25.4 Å². The molecule has 3 saturated carbocycles. The van der Waals surface area contributed by atoms with E-state index in [2.05, 4.69) is 36.4 Å². The van der Waals surface area contributed by atoms with Gasteiger partial charge in [0.05, 0.1) is 36.6 Å². The van der Waals surface area contributed by atoms with Crippen LogP contribution in [0, 0.1) is 23.1 Å². The monoisotopic (exact) mass is 787 g/mol. The first-order chi connectivity index (χ1) is 26.7. The van der Waals surface area contributed by atoms with Crippen LogP contribution < -0.4 is 20.1 Å². The normalized spacial score (nSPS) is 23.3. The molecular weight excluding hydrogens is 732 g/mol. The van der Waals surface area contributed by atoms with Gasteiger partial charge >= 0.3 is 19.2 Å². The summed E-state index contributed by atoms with van der Waals surface area (Å²) < 4.78 is 51.6. The molecule has 3 aromatic rings. The lowest BCUT2D eigenvalue weighted by molar-refractivity contribution is -0.199. The molecule has 14 heteroatoms. The Morgan fingerprint density at radius 1 is 0.947 bits per heavy atom. The molecule has 2 amide bonds. The first-order valence-electron chi connectivity index (χ1n) is 19.5. The lowest BCUT2D eigenvalue weighted by Crippen LogP contribution is -2.65. The van der Waals surface area contributed by atoms with Gasteiger partial charge in [-0.15, -0.1) is 0 Å². The molecule has 1 aliphatic heterocycles. The van der Waals surface area contributed by atoms with Crippen molar-refractivity contribution in [2.45, 2.75) is 123 Å². The first-order valence-corrected chi connectivity index (χ1v) is 19.5. The number of alkyl carbamates (subject to hydrolysis) is 1. The van der Waals surface area contributed by atoms with Crippen molar-refractivity contribution in [1.29, 1.82) is 0 Å². The minimum absolute atomic E-state index is 0.00516. The third-order valence-corrected chi connectivity index (χ3v) is 11.3. The lowest BCUT2D eigenvalue weighted by Gasteiger charge is -2.64. The highest BCUT2D eigenvalue weighted by molar-refractivity contribution is 6.48. The van der Waals surface area contributed by atoms with Gasteiger partial charge in [-0.1, -0.05) is 50.2 Å². The molecule has 2 bridgehead atoms.